The molecule has 0 saturated carbocycles. The average Bonchev–Trinajstić information content (AvgIpc) is 2.61. The summed E-state index contributed by atoms with van der Waals surface area (Å²) in [4.78, 5) is 12.2. The van der Waals surface area contributed by atoms with Crippen molar-refractivity contribution in [3.05, 3.63) is 34.7 Å². The summed E-state index contributed by atoms with van der Waals surface area (Å²) in [6.45, 7) is 5.20. The van der Waals surface area contributed by atoms with Crippen molar-refractivity contribution < 1.29 is 0 Å². The first-order valence-corrected chi connectivity index (χ1v) is 6.33. The zero-order chi connectivity index (χ0) is 12.4. The summed E-state index contributed by atoms with van der Waals surface area (Å²) < 4.78 is 3.64. The molecule has 17 heavy (non-hydrogen) atoms. The number of benzene rings is 1. The summed E-state index contributed by atoms with van der Waals surface area (Å²) in [5.74, 6) is 0.582. The zero-order valence-corrected chi connectivity index (χ0v) is 10.8. The van der Waals surface area contributed by atoms with Gasteiger partial charge >= 0.3 is 5.69 Å². The van der Waals surface area contributed by atoms with Crippen LogP contribution in [0.25, 0.3) is 11.0 Å². The number of rotatable bonds is 4. The summed E-state index contributed by atoms with van der Waals surface area (Å²) in [5.41, 5.74) is 2.16. The fraction of sp³-hybridized carbons (Fsp3) is 0.500. The van der Waals surface area contributed by atoms with Crippen molar-refractivity contribution in [2.45, 2.75) is 33.2 Å². The molecule has 3 heteroatoms. The Kier molecular flexibility index (Phi) is 3.36. The number of nitrogens with zero attached hydrogens (tertiary/aromatic N) is 2. The van der Waals surface area contributed by atoms with Crippen molar-refractivity contribution >= 4 is 11.0 Å². The van der Waals surface area contributed by atoms with Gasteiger partial charge in [0.25, 0.3) is 0 Å². The van der Waals surface area contributed by atoms with Crippen LogP contribution in [0.4, 0.5) is 0 Å². The van der Waals surface area contributed by atoms with Gasteiger partial charge in [-0.2, -0.15) is 0 Å². The summed E-state index contributed by atoms with van der Waals surface area (Å²) in [6.07, 6.45) is 2.23. The van der Waals surface area contributed by atoms with E-state index in [9.17, 15) is 4.79 Å². The molecule has 1 aromatic heterocycles. The molecule has 0 atom stereocenters. The average molecular weight is 232 g/mol. The number of hydrogen-bond donors (Lipinski definition) is 0. The zero-order valence-electron chi connectivity index (χ0n) is 10.8. The number of fused-ring (bicyclic) bond motifs is 1. The smallest absolute Gasteiger partial charge is 0.295 e. The van der Waals surface area contributed by atoms with E-state index in [1.165, 1.54) is 0 Å². The number of imidazole rings is 1. The Balaban J connectivity index is 2.53. The molecule has 0 radical (unpaired) electrons. The van der Waals surface area contributed by atoms with E-state index in [0.717, 1.165) is 30.4 Å². The molecule has 0 unspecified atom stereocenters. The van der Waals surface area contributed by atoms with Gasteiger partial charge in [-0.25, -0.2) is 4.79 Å². The molecule has 0 spiro atoms. The standard InChI is InChI=1S/C14H20N2O/c1-4-11(5-2)10-16-13-9-7-6-8-12(13)15(3)14(16)17/h6-9,11H,4-5,10H2,1-3H3. The lowest BCUT2D eigenvalue weighted by Crippen LogP contribution is -2.25. The Morgan fingerprint density at radius 3 is 2.29 bits per heavy atom. The fourth-order valence-corrected chi connectivity index (χ4v) is 2.34. The maximum absolute atomic E-state index is 12.2. The first-order chi connectivity index (χ1) is 8.19. The predicted molar refractivity (Wildman–Crippen MR) is 71.3 cm³/mol. The number of para-hydroxylation sites is 2. The molecule has 0 aliphatic heterocycles. The molecule has 0 saturated heterocycles. The van der Waals surface area contributed by atoms with E-state index in [1.807, 2.05) is 35.9 Å². The van der Waals surface area contributed by atoms with Gasteiger partial charge in [0, 0.05) is 13.6 Å². The van der Waals surface area contributed by atoms with Gasteiger partial charge in [0.05, 0.1) is 11.0 Å². The molecule has 0 fully saturated rings. The third kappa shape index (κ3) is 2.02. The van der Waals surface area contributed by atoms with Gasteiger partial charge in [-0.05, 0) is 18.1 Å². The molecule has 2 rings (SSSR count). The number of aromatic nitrogens is 2. The summed E-state index contributed by atoms with van der Waals surface area (Å²) in [7, 11) is 1.84. The lowest BCUT2D eigenvalue weighted by molar-refractivity contribution is 0.416. The van der Waals surface area contributed by atoms with Crippen molar-refractivity contribution in [1.29, 1.82) is 0 Å². The molecular weight excluding hydrogens is 212 g/mol. The van der Waals surface area contributed by atoms with Crippen LogP contribution >= 0.6 is 0 Å². The van der Waals surface area contributed by atoms with E-state index in [1.54, 1.807) is 4.57 Å². The SMILES string of the molecule is CCC(CC)Cn1c(=O)n(C)c2ccccc21. The van der Waals surface area contributed by atoms with E-state index in [4.69, 9.17) is 0 Å². The molecule has 92 valence electrons. The highest BCUT2D eigenvalue weighted by molar-refractivity contribution is 5.75. The van der Waals surface area contributed by atoms with Crippen LogP contribution in [0.1, 0.15) is 26.7 Å². The van der Waals surface area contributed by atoms with Gasteiger partial charge in [-0.15, -0.1) is 0 Å². The van der Waals surface area contributed by atoms with Gasteiger partial charge < -0.3 is 0 Å². The Hall–Kier alpha value is -1.51. The summed E-state index contributed by atoms with van der Waals surface area (Å²) >= 11 is 0. The van der Waals surface area contributed by atoms with Crippen LogP contribution in [-0.2, 0) is 13.6 Å². The van der Waals surface area contributed by atoms with Crippen LogP contribution in [0.5, 0.6) is 0 Å². The van der Waals surface area contributed by atoms with Crippen LogP contribution < -0.4 is 5.69 Å². The molecule has 0 N–H and O–H groups in total. The van der Waals surface area contributed by atoms with Crippen LogP contribution in [0, 0.1) is 5.92 Å². The maximum atomic E-state index is 12.2. The quantitative estimate of drug-likeness (QED) is 0.796. The lowest BCUT2D eigenvalue weighted by atomic mass is 10.0. The van der Waals surface area contributed by atoms with Crippen molar-refractivity contribution in [2.75, 3.05) is 0 Å². The molecule has 2 aromatic rings. The van der Waals surface area contributed by atoms with Crippen LogP contribution in [0.15, 0.2) is 29.1 Å². The predicted octanol–water partition coefficient (Wildman–Crippen LogP) is 2.78. The van der Waals surface area contributed by atoms with Gasteiger partial charge in [0.1, 0.15) is 0 Å². The number of aryl methyl sites for hydroxylation is 1. The summed E-state index contributed by atoms with van der Waals surface area (Å²) in [5, 5.41) is 0. The molecule has 1 heterocycles. The van der Waals surface area contributed by atoms with Gasteiger partial charge in [0.2, 0.25) is 0 Å². The summed E-state index contributed by atoms with van der Waals surface area (Å²) in [6, 6.07) is 7.99. The Labute approximate surface area is 102 Å². The second-order valence-electron chi connectivity index (χ2n) is 4.62. The molecule has 0 bridgehead atoms. The first-order valence-electron chi connectivity index (χ1n) is 6.33. The van der Waals surface area contributed by atoms with E-state index in [0.29, 0.717) is 5.92 Å². The first kappa shape index (κ1) is 12.0. The molecular formula is C14H20N2O. The van der Waals surface area contributed by atoms with Gasteiger partial charge in [0.15, 0.2) is 0 Å². The minimum absolute atomic E-state index is 0.0955. The molecule has 0 aliphatic rings. The number of hydrogen-bond acceptors (Lipinski definition) is 1. The Morgan fingerprint density at radius 2 is 1.71 bits per heavy atom. The van der Waals surface area contributed by atoms with Crippen molar-refractivity contribution in [2.24, 2.45) is 13.0 Å². The minimum Gasteiger partial charge on any atom is -0.295 e. The highest BCUT2D eigenvalue weighted by atomic mass is 16.1. The molecule has 0 aliphatic carbocycles. The second kappa shape index (κ2) is 4.78. The fourth-order valence-electron chi connectivity index (χ4n) is 2.34. The third-order valence-corrected chi connectivity index (χ3v) is 3.65. The van der Waals surface area contributed by atoms with E-state index < -0.39 is 0 Å². The molecule has 3 nitrogen and oxygen atoms in total. The van der Waals surface area contributed by atoms with E-state index in [-0.39, 0.29) is 5.69 Å². The van der Waals surface area contributed by atoms with E-state index in [2.05, 4.69) is 13.8 Å². The Bertz CT molecular complexity index is 561. The van der Waals surface area contributed by atoms with E-state index >= 15 is 0 Å². The van der Waals surface area contributed by atoms with Crippen LogP contribution in [-0.4, -0.2) is 9.13 Å². The molecule has 0 amide bonds. The third-order valence-electron chi connectivity index (χ3n) is 3.65. The van der Waals surface area contributed by atoms with Gasteiger partial charge in [-0.1, -0.05) is 38.8 Å². The van der Waals surface area contributed by atoms with Crippen LogP contribution in [0.3, 0.4) is 0 Å². The van der Waals surface area contributed by atoms with Gasteiger partial charge in [-0.3, -0.25) is 9.13 Å². The normalized spacial score (nSPS) is 11.5. The lowest BCUT2D eigenvalue weighted by Gasteiger charge is -2.12. The second-order valence-corrected chi connectivity index (χ2v) is 4.62. The maximum Gasteiger partial charge on any atom is 0.328 e. The largest absolute Gasteiger partial charge is 0.328 e. The monoisotopic (exact) mass is 232 g/mol. The van der Waals surface area contributed by atoms with Crippen molar-refractivity contribution in [3.63, 3.8) is 0 Å². The highest BCUT2D eigenvalue weighted by Crippen LogP contribution is 2.16. The Morgan fingerprint density at radius 1 is 1.12 bits per heavy atom. The van der Waals surface area contributed by atoms with Crippen LogP contribution in [0.2, 0.25) is 0 Å². The topological polar surface area (TPSA) is 26.9 Å². The van der Waals surface area contributed by atoms with Crippen molar-refractivity contribution in [3.8, 4) is 0 Å². The highest BCUT2D eigenvalue weighted by Gasteiger charge is 2.12. The minimum atomic E-state index is 0.0955. The van der Waals surface area contributed by atoms with Crippen molar-refractivity contribution in [1.82, 2.24) is 9.13 Å². The molecule has 1 aromatic carbocycles.